The van der Waals surface area contributed by atoms with Gasteiger partial charge in [-0.1, -0.05) is 17.7 Å². The van der Waals surface area contributed by atoms with E-state index in [2.05, 4.69) is 10.5 Å². The maximum atomic E-state index is 8.13. The molecule has 3 nitrogen and oxygen atoms in total. The van der Waals surface area contributed by atoms with Gasteiger partial charge in [0, 0.05) is 5.02 Å². The molecule has 0 bridgehead atoms. The van der Waals surface area contributed by atoms with E-state index in [-0.39, 0.29) is 0 Å². The average molecular weight is 180 g/mol. The first-order valence-corrected chi connectivity index (χ1v) is 3.63. The first-order valence-electron chi connectivity index (χ1n) is 3.25. The Bertz CT molecular complexity index is 327. The van der Waals surface area contributed by atoms with Crippen molar-refractivity contribution in [3.8, 4) is 6.07 Å². The first-order chi connectivity index (χ1) is 5.83. The highest BCUT2D eigenvalue weighted by Gasteiger charge is 1.89. The SMILES string of the molecule is N#C/C=N/Nc1cccc(Cl)c1. The normalized spacial score (nSPS) is 9.67. The predicted molar refractivity (Wildman–Crippen MR) is 49.2 cm³/mol. The van der Waals surface area contributed by atoms with Crippen molar-refractivity contribution in [3.63, 3.8) is 0 Å². The molecule has 1 rings (SSSR count). The summed E-state index contributed by atoms with van der Waals surface area (Å²) in [6, 6.07) is 8.85. The minimum Gasteiger partial charge on any atom is -0.278 e. The Morgan fingerprint density at radius 1 is 1.58 bits per heavy atom. The summed E-state index contributed by atoms with van der Waals surface area (Å²) < 4.78 is 0. The number of benzene rings is 1. The van der Waals surface area contributed by atoms with E-state index in [0.717, 1.165) is 11.9 Å². The molecule has 0 unspecified atom stereocenters. The number of nitrogens with zero attached hydrogens (tertiary/aromatic N) is 2. The lowest BCUT2D eigenvalue weighted by Crippen LogP contribution is -1.87. The fraction of sp³-hybridized carbons (Fsp3) is 0. The van der Waals surface area contributed by atoms with Crippen LogP contribution in [-0.4, -0.2) is 6.21 Å². The van der Waals surface area contributed by atoms with Gasteiger partial charge in [-0.2, -0.15) is 10.4 Å². The topological polar surface area (TPSA) is 48.2 Å². The maximum absolute atomic E-state index is 8.13. The Balaban J connectivity index is 2.65. The van der Waals surface area contributed by atoms with Crippen LogP contribution in [0.1, 0.15) is 0 Å². The molecule has 0 fully saturated rings. The summed E-state index contributed by atoms with van der Waals surface area (Å²) in [4.78, 5) is 0. The van der Waals surface area contributed by atoms with Gasteiger partial charge in [0.15, 0.2) is 0 Å². The molecule has 1 aromatic rings. The third-order valence-electron chi connectivity index (χ3n) is 1.14. The minimum atomic E-state index is 0.632. The smallest absolute Gasteiger partial charge is 0.124 e. The highest BCUT2D eigenvalue weighted by atomic mass is 35.5. The van der Waals surface area contributed by atoms with Crippen molar-refractivity contribution < 1.29 is 0 Å². The fourth-order valence-electron chi connectivity index (χ4n) is 0.694. The predicted octanol–water partition coefficient (Wildman–Crippen LogP) is 2.26. The zero-order chi connectivity index (χ0) is 8.81. The van der Waals surface area contributed by atoms with E-state index in [9.17, 15) is 0 Å². The van der Waals surface area contributed by atoms with Crippen molar-refractivity contribution in [1.29, 1.82) is 5.26 Å². The molecular weight excluding hydrogens is 174 g/mol. The van der Waals surface area contributed by atoms with Crippen molar-refractivity contribution in [2.24, 2.45) is 5.10 Å². The molecule has 4 heteroatoms. The highest BCUT2D eigenvalue weighted by Crippen LogP contribution is 2.14. The monoisotopic (exact) mass is 179 g/mol. The molecule has 1 aromatic carbocycles. The van der Waals surface area contributed by atoms with E-state index in [1.807, 2.05) is 0 Å². The van der Waals surface area contributed by atoms with Gasteiger partial charge >= 0.3 is 0 Å². The van der Waals surface area contributed by atoms with Crippen LogP contribution in [0.15, 0.2) is 29.4 Å². The van der Waals surface area contributed by atoms with Crippen LogP contribution in [0.5, 0.6) is 0 Å². The summed E-state index contributed by atoms with van der Waals surface area (Å²) >= 11 is 5.70. The van der Waals surface area contributed by atoms with Crippen LogP contribution in [-0.2, 0) is 0 Å². The number of nitriles is 1. The molecule has 0 heterocycles. The molecule has 0 aromatic heterocycles. The van der Waals surface area contributed by atoms with E-state index in [1.54, 1.807) is 30.3 Å². The number of halogens is 1. The molecule has 0 saturated carbocycles. The Morgan fingerprint density at radius 2 is 2.42 bits per heavy atom. The zero-order valence-corrected chi connectivity index (χ0v) is 6.92. The molecule has 0 amide bonds. The average Bonchev–Trinajstić information content (AvgIpc) is 2.05. The number of hydrogen-bond donors (Lipinski definition) is 1. The molecule has 1 N–H and O–H groups in total. The highest BCUT2D eigenvalue weighted by molar-refractivity contribution is 6.30. The molecule has 0 aliphatic carbocycles. The van der Waals surface area contributed by atoms with Crippen LogP contribution < -0.4 is 5.43 Å². The Hall–Kier alpha value is -1.53. The van der Waals surface area contributed by atoms with Gasteiger partial charge in [-0.15, -0.1) is 0 Å². The number of nitrogens with one attached hydrogen (secondary N) is 1. The van der Waals surface area contributed by atoms with Crippen molar-refractivity contribution in [3.05, 3.63) is 29.3 Å². The summed E-state index contributed by atoms with van der Waals surface area (Å²) in [5.74, 6) is 0. The van der Waals surface area contributed by atoms with Crippen molar-refractivity contribution >= 4 is 23.5 Å². The van der Waals surface area contributed by atoms with E-state index in [1.165, 1.54) is 0 Å². The number of anilines is 1. The van der Waals surface area contributed by atoms with Crippen molar-refractivity contribution in [1.82, 2.24) is 0 Å². The molecular formula is C8H6ClN3. The summed E-state index contributed by atoms with van der Waals surface area (Å²) in [6.45, 7) is 0. The second-order valence-electron chi connectivity index (χ2n) is 2.01. The summed E-state index contributed by atoms with van der Waals surface area (Å²) in [5.41, 5.74) is 3.41. The minimum absolute atomic E-state index is 0.632. The van der Waals surface area contributed by atoms with Gasteiger partial charge in [0.25, 0.3) is 0 Å². The van der Waals surface area contributed by atoms with E-state index in [4.69, 9.17) is 16.9 Å². The summed E-state index contributed by atoms with van der Waals surface area (Å²) in [6.07, 6.45) is 1.11. The number of hydrogen-bond acceptors (Lipinski definition) is 3. The third kappa shape index (κ3) is 2.60. The zero-order valence-electron chi connectivity index (χ0n) is 6.16. The van der Waals surface area contributed by atoms with Crippen LogP contribution in [0.3, 0.4) is 0 Å². The van der Waals surface area contributed by atoms with Gasteiger partial charge in [-0.05, 0) is 18.2 Å². The Kier molecular flexibility index (Phi) is 3.12. The largest absolute Gasteiger partial charge is 0.278 e. The van der Waals surface area contributed by atoms with Crippen LogP contribution in [0, 0.1) is 11.3 Å². The molecule has 0 aliphatic rings. The second kappa shape index (κ2) is 4.37. The lowest BCUT2D eigenvalue weighted by Gasteiger charge is -1.97. The Morgan fingerprint density at radius 3 is 3.08 bits per heavy atom. The van der Waals surface area contributed by atoms with Crippen LogP contribution in [0.25, 0.3) is 0 Å². The molecule has 12 heavy (non-hydrogen) atoms. The lowest BCUT2D eigenvalue weighted by molar-refractivity contribution is 1.35. The number of rotatable bonds is 2. The maximum Gasteiger partial charge on any atom is 0.124 e. The van der Waals surface area contributed by atoms with Gasteiger partial charge in [0.1, 0.15) is 12.3 Å². The lowest BCUT2D eigenvalue weighted by atomic mass is 10.3. The third-order valence-corrected chi connectivity index (χ3v) is 1.38. The molecule has 0 spiro atoms. The molecule has 0 atom stereocenters. The molecule has 0 aliphatic heterocycles. The second-order valence-corrected chi connectivity index (χ2v) is 2.45. The number of hydrazone groups is 1. The standard InChI is InChI=1S/C8H6ClN3/c9-7-2-1-3-8(6-7)12-11-5-4-10/h1-3,5-6,12H/b11-5+. The summed E-state index contributed by atoms with van der Waals surface area (Å²) in [7, 11) is 0. The van der Waals surface area contributed by atoms with Crippen molar-refractivity contribution in [2.45, 2.75) is 0 Å². The quantitative estimate of drug-likeness (QED) is 0.559. The van der Waals surface area contributed by atoms with Gasteiger partial charge in [0.05, 0.1) is 5.69 Å². The van der Waals surface area contributed by atoms with Crippen molar-refractivity contribution in [2.75, 3.05) is 5.43 Å². The first kappa shape index (κ1) is 8.57. The van der Waals surface area contributed by atoms with E-state index >= 15 is 0 Å². The van der Waals surface area contributed by atoms with Gasteiger partial charge in [-0.3, -0.25) is 5.43 Å². The molecule has 60 valence electrons. The van der Waals surface area contributed by atoms with E-state index in [0.29, 0.717) is 5.02 Å². The van der Waals surface area contributed by atoms with Crippen LogP contribution in [0.4, 0.5) is 5.69 Å². The van der Waals surface area contributed by atoms with Gasteiger partial charge in [-0.25, -0.2) is 0 Å². The van der Waals surface area contributed by atoms with Gasteiger partial charge < -0.3 is 0 Å². The van der Waals surface area contributed by atoms with Gasteiger partial charge in [0.2, 0.25) is 0 Å². The Labute approximate surface area is 75.3 Å². The summed E-state index contributed by atoms with van der Waals surface area (Å²) in [5, 5.41) is 12.4. The van der Waals surface area contributed by atoms with Crippen LogP contribution in [0.2, 0.25) is 5.02 Å². The van der Waals surface area contributed by atoms with E-state index < -0.39 is 0 Å². The van der Waals surface area contributed by atoms with Crippen LogP contribution >= 0.6 is 11.6 Å². The molecule has 0 radical (unpaired) electrons. The molecule has 0 saturated heterocycles. The fourth-order valence-corrected chi connectivity index (χ4v) is 0.884.